The maximum atomic E-state index is 12.7. The van der Waals surface area contributed by atoms with Gasteiger partial charge in [-0.15, -0.1) is 0 Å². The fourth-order valence-electron chi connectivity index (χ4n) is 5.26. The zero-order valence-corrected chi connectivity index (χ0v) is 15.0. The van der Waals surface area contributed by atoms with Crippen molar-refractivity contribution >= 4 is 11.8 Å². The zero-order valence-electron chi connectivity index (χ0n) is 15.0. The third-order valence-corrected chi connectivity index (χ3v) is 6.61. The summed E-state index contributed by atoms with van der Waals surface area (Å²) in [6, 6.07) is 10.2. The second-order valence-electron chi connectivity index (χ2n) is 8.30. The quantitative estimate of drug-likeness (QED) is 0.896. The molecule has 1 aromatic carbocycles. The van der Waals surface area contributed by atoms with Gasteiger partial charge in [0.25, 0.3) is 0 Å². The fraction of sp³-hybridized carbons (Fsp3) is 0.619. The standard InChI is InChI=1S/C21H28N2O2/c1-14(19-10-16-7-8-17(19)9-16)22-21(25)18-11-20(24)23(13-18)12-15-5-3-2-4-6-15/h2-6,14,16-19H,7-13H2,1H3,(H,22,25). The number of nitrogens with zero attached hydrogens (tertiary/aromatic N) is 1. The number of fused-ring (bicyclic) bond motifs is 2. The molecule has 2 aliphatic carbocycles. The monoisotopic (exact) mass is 340 g/mol. The molecule has 2 saturated carbocycles. The Morgan fingerprint density at radius 1 is 1.24 bits per heavy atom. The van der Waals surface area contributed by atoms with Gasteiger partial charge in [-0.1, -0.05) is 36.8 Å². The van der Waals surface area contributed by atoms with E-state index in [9.17, 15) is 9.59 Å². The van der Waals surface area contributed by atoms with Gasteiger partial charge in [-0.25, -0.2) is 0 Å². The van der Waals surface area contributed by atoms with Crippen molar-refractivity contribution in [1.29, 1.82) is 0 Å². The molecule has 1 heterocycles. The summed E-state index contributed by atoms with van der Waals surface area (Å²) in [7, 11) is 0. The van der Waals surface area contributed by atoms with Crippen molar-refractivity contribution in [1.82, 2.24) is 10.2 Å². The summed E-state index contributed by atoms with van der Waals surface area (Å²) >= 11 is 0. The van der Waals surface area contributed by atoms with Gasteiger partial charge in [0, 0.05) is 25.6 Å². The first-order valence-electron chi connectivity index (χ1n) is 9.72. The average Bonchev–Trinajstić information content (AvgIpc) is 3.32. The van der Waals surface area contributed by atoms with E-state index in [4.69, 9.17) is 0 Å². The highest BCUT2D eigenvalue weighted by Crippen LogP contribution is 2.49. The molecule has 3 aliphatic rings. The Kier molecular flexibility index (Phi) is 4.53. The van der Waals surface area contributed by atoms with E-state index in [0.717, 1.165) is 17.4 Å². The number of likely N-dealkylation sites (tertiary alicyclic amines) is 1. The van der Waals surface area contributed by atoms with Crippen molar-refractivity contribution in [3.63, 3.8) is 0 Å². The highest BCUT2D eigenvalue weighted by molar-refractivity contribution is 5.89. The molecular formula is C21H28N2O2. The van der Waals surface area contributed by atoms with E-state index >= 15 is 0 Å². The van der Waals surface area contributed by atoms with Gasteiger partial charge in [-0.2, -0.15) is 0 Å². The number of carbonyl (C=O) groups excluding carboxylic acids is 2. The zero-order chi connectivity index (χ0) is 17.4. The van der Waals surface area contributed by atoms with Crippen LogP contribution >= 0.6 is 0 Å². The minimum absolute atomic E-state index is 0.0687. The molecular weight excluding hydrogens is 312 g/mol. The van der Waals surface area contributed by atoms with Crippen LogP contribution in [0.25, 0.3) is 0 Å². The van der Waals surface area contributed by atoms with Gasteiger partial charge in [0.15, 0.2) is 0 Å². The number of carbonyl (C=O) groups is 2. The van der Waals surface area contributed by atoms with Gasteiger partial charge >= 0.3 is 0 Å². The van der Waals surface area contributed by atoms with Crippen LogP contribution in [0.4, 0.5) is 0 Å². The lowest BCUT2D eigenvalue weighted by Crippen LogP contribution is -2.43. The Bertz CT molecular complexity index is 645. The molecule has 25 heavy (non-hydrogen) atoms. The molecule has 0 spiro atoms. The third kappa shape index (κ3) is 3.44. The normalized spacial score (nSPS) is 32.2. The molecule has 1 aliphatic heterocycles. The molecule has 1 N–H and O–H groups in total. The lowest BCUT2D eigenvalue weighted by atomic mass is 9.84. The van der Waals surface area contributed by atoms with E-state index < -0.39 is 0 Å². The van der Waals surface area contributed by atoms with Gasteiger partial charge < -0.3 is 10.2 Å². The predicted molar refractivity (Wildman–Crippen MR) is 96.5 cm³/mol. The average molecular weight is 340 g/mol. The molecule has 2 amide bonds. The largest absolute Gasteiger partial charge is 0.353 e. The Morgan fingerprint density at radius 3 is 2.72 bits per heavy atom. The van der Waals surface area contributed by atoms with Crippen LogP contribution in [-0.2, 0) is 16.1 Å². The number of rotatable bonds is 5. The molecule has 4 heteroatoms. The number of amides is 2. The van der Waals surface area contributed by atoms with E-state index in [0.29, 0.717) is 25.4 Å². The summed E-state index contributed by atoms with van der Waals surface area (Å²) < 4.78 is 0. The van der Waals surface area contributed by atoms with Crippen LogP contribution < -0.4 is 5.32 Å². The smallest absolute Gasteiger partial charge is 0.225 e. The molecule has 4 nitrogen and oxygen atoms in total. The van der Waals surface area contributed by atoms with Crippen molar-refractivity contribution in [2.45, 2.75) is 51.6 Å². The highest BCUT2D eigenvalue weighted by Gasteiger charge is 2.43. The lowest BCUT2D eigenvalue weighted by Gasteiger charge is -2.29. The maximum absolute atomic E-state index is 12.7. The number of hydrogen-bond donors (Lipinski definition) is 1. The van der Waals surface area contributed by atoms with E-state index in [1.165, 1.54) is 25.7 Å². The molecule has 4 rings (SSSR count). The molecule has 0 radical (unpaired) electrons. The van der Waals surface area contributed by atoms with E-state index in [1.807, 2.05) is 35.2 Å². The fourth-order valence-corrected chi connectivity index (χ4v) is 5.26. The lowest BCUT2D eigenvalue weighted by molar-refractivity contribution is -0.129. The Labute approximate surface area is 150 Å². The first kappa shape index (κ1) is 16.6. The van der Waals surface area contributed by atoms with E-state index in [-0.39, 0.29) is 23.8 Å². The molecule has 1 saturated heterocycles. The molecule has 2 bridgehead atoms. The first-order valence-corrected chi connectivity index (χ1v) is 9.72. The second-order valence-corrected chi connectivity index (χ2v) is 8.30. The molecule has 3 fully saturated rings. The summed E-state index contributed by atoms with van der Waals surface area (Å²) in [5.41, 5.74) is 1.12. The molecule has 0 aromatic heterocycles. The Balaban J connectivity index is 1.31. The SMILES string of the molecule is CC(NC(=O)C1CC(=O)N(Cc2ccccc2)C1)C1CC2CCC1C2. The van der Waals surface area contributed by atoms with Gasteiger partial charge in [0.2, 0.25) is 11.8 Å². The maximum Gasteiger partial charge on any atom is 0.225 e. The van der Waals surface area contributed by atoms with Crippen LogP contribution in [0.2, 0.25) is 0 Å². The van der Waals surface area contributed by atoms with Crippen LogP contribution in [0.3, 0.4) is 0 Å². The van der Waals surface area contributed by atoms with Crippen LogP contribution in [0, 0.1) is 23.7 Å². The first-order chi connectivity index (χ1) is 12.1. The molecule has 1 aromatic rings. The minimum Gasteiger partial charge on any atom is -0.353 e. The minimum atomic E-state index is -0.197. The Hall–Kier alpha value is -1.84. The van der Waals surface area contributed by atoms with Crippen molar-refractivity contribution in [2.75, 3.05) is 6.54 Å². The molecule has 5 atom stereocenters. The number of nitrogens with one attached hydrogen (secondary N) is 1. The summed E-state index contributed by atoms with van der Waals surface area (Å²) in [6.07, 6.45) is 5.70. The van der Waals surface area contributed by atoms with E-state index in [1.54, 1.807) is 0 Å². The second kappa shape index (κ2) is 6.81. The summed E-state index contributed by atoms with van der Waals surface area (Å²) in [6.45, 7) is 3.30. The van der Waals surface area contributed by atoms with Crippen LogP contribution in [0.15, 0.2) is 30.3 Å². The highest BCUT2D eigenvalue weighted by atomic mass is 16.2. The van der Waals surface area contributed by atoms with Gasteiger partial charge in [-0.3, -0.25) is 9.59 Å². The summed E-state index contributed by atoms with van der Waals surface area (Å²) in [4.78, 5) is 26.8. The molecule has 5 unspecified atom stereocenters. The van der Waals surface area contributed by atoms with Crippen LogP contribution in [-0.4, -0.2) is 29.3 Å². The van der Waals surface area contributed by atoms with Crippen LogP contribution in [0.5, 0.6) is 0 Å². The Morgan fingerprint density at radius 2 is 2.04 bits per heavy atom. The number of benzene rings is 1. The van der Waals surface area contributed by atoms with Gasteiger partial charge in [0.1, 0.15) is 0 Å². The predicted octanol–water partition coefficient (Wildman–Crippen LogP) is 2.98. The number of hydrogen-bond acceptors (Lipinski definition) is 2. The van der Waals surface area contributed by atoms with E-state index in [2.05, 4.69) is 12.2 Å². The van der Waals surface area contributed by atoms with Gasteiger partial charge in [0.05, 0.1) is 5.92 Å². The van der Waals surface area contributed by atoms with Crippen molar-refractivity contribution < 1.29 is 9.59 Å². The summed E-state index contributed by atoms with van der Waals surface area (Å²) in [5.74, 6) is 2.30. The molecule has 134 valence electrons. The summed E-state index contributed by atoms with van der Waals surface area (Å²) in [5, 5.41) is 3.24. The topological polar surface area (TPSA) is 49.4 Å². The van der Waals surface area contributed by atoms with Gasteiger partial charge in [-0.05, 0) is 49.5 Å². The third-order valence-electron chi connectivity index (χ3n) is 6.61. The van der Waals surface area contributed by atoms with Crippen molar-refractivity contribution in [3.8, 4) is 0 Å². The van der Waals surface area contributed by atoms with Crippen LogP contribution in [0.1, 0.15) is 44.6 Å². The van der Waals surface area contributed by atoms with Crippen molar-refractivity contribution in [3.05, 3.63) is 35.9 Å². The van der Waals surface area contributed by atoms with Crippen molar-refractivity contribution in [2.24, 2.45) is 23.7 Å².